The highest BCUT2D eigenvalue weighted by atomic mass is 35.5. The van der Waals surface area contributed by atoms with E-state index < -0.39 is 0 Å². The molecule has 1 aliphatic heterocycles. The lowest BCUT2D eigenvalue weighted by atomic mass is 10.1. The van der Waals surface area contributed by atoms with Crippen LogP contribution in [0.4, 0.5) is 5.69 Å². The molecular weight excluding hydrogens is 214 g/mol. The minimum atomic E-state index is 0.492. The van der Waals surface area contributed by atoms with E-state index in [1.165, 1.54) is 23.4 Å². The van der Waals surface area contributed by atoms with E-state index >= 15 is 0 Å². The van der Waals surface area contributed by atoms with Gasteiger partial charge in [-0.05, 0) is 31.2 Å². The van der Waals surface area contributed by atoms with Crippen molar-refractivity contribution >= 4 is 29.1 Å². The molecule has 0 aromatic heterocycles. The molecule has 2 rings (SSSR count). The van der Waals surface area contributed by atoms with Crippen molar-refractivity contribution < 1.29 is 0 Å². The third kappa shape index (κ3) is 2.01. The van der Waals surface area contributed by atoms with Gasteiger partial charge in [-0.25, -0.2) is 0 Å². The van der Waals surface area contributed by atoms with Gasteiger partial charge in [0, 0.05) is 28.1 Å². The SMILES string of the molecule is CC1SCCCNc2cccc(Cl)c21. The Hall–Kier alpha value is -0.340. The van der Waals surface area contributed by atoms with Crippen LogP contribution in [0.25, 0.3) is 0 Å². The Kier molecular flexibility index (Phi) is 3.24. The van der Waals surface area contributed by atoms with Gasteiger partial charge in [-0.2, -0.15) is 11.8 Å². The van der Waals surface area contributed by atoms with Crippen molar-refractivity contribution in [2.45, 2.75) is 18.6 Å². The molecule has 0 radical (unpaired) electrons. The quantitative estimate of drug-likeness (QED) is 0.720. The zero-order chi connectivity index (χ0) is 9.97. The zero-order valence-electron chi connectivity index (χ0n) is 8.22. The Morgan fingerprint density at radius 1 is 1.50 bits per heavy atom. The van der Waals surface area contributed by atoms with Crippen LogP contribution in [0.3, 0.4) is 0 Å². The third-order valence-electron chi connectivity index (χ3n) is 2.46. The lowest BCUT2D eigenvalue weighted by molar-refractivity contribution is 0.957. The fourth-order valence-electron chi connectivity index (χ4n) is 1.74. The van der Waals surface area contributed by atoms with Gasteiger partial charge in [0.05, 0.1) is 0 Å². The molecule has 1 N–H and O–H groups in total. The van der Waals surface area contributed by atoms with Crippen LogP contribution in [0.1, 0.15) is 24.2 Å². The summed E-state index contributed by atoms with van der Waals surface area (Å²) in [6.45, 7) is 3.27. The first-order chi connectivity index (χ1) is 6.79. The van der Waals surface area contributed by atoms with E-state index in [0.29, 0.717) is 5.25 Å². The predicted molar refractivity (Wildman–Crippen MR) is 65.4 cm³/mol. The summed E-state index contributed by atoms with van der Waals surface area (Å²) in [7, 11) is 0. The summed E-state index contributed by atoms with van der Waals surface area (Å²) < 4.78 is 0. The topological polar surface area (TPSA) is 12.0 Å². The van der Waals surface area contributed by atoms with Gasteiger partial charge in [-0.1, -0.05) is 17.7 Å². The minimum absolute atomic E-state index is 0.492. The van der Waals surface area contributed by atoms with Gasteiger partial charge in [-0.3, -0.25) is 0 Å². The average molecular weight is 228 g/mol. The highest BCUT2D eigenvalue weighted by molar-refractivity contribution is 7.99. The Bertz CT molecular complexity index is 327. The summed E-state index contributed by atoms with van der Waals surface area (Å²) >= 11 is 8.19. The van der Waals surface area contributed by atoms with Gasteiger partial charge in [0.15, 0.2) is 0 Å². The van der Waals surface area contributed by atoms with Gasteiger partial charge < -0.3 is 5.32 Å². The Balaban J connectivity index is 2.41. The summed E-state index contributed by atoms with van der Waals surface area (Å²) in [5.41, 5.74) is 2.47. The van der Waals surface area contributed by atoms with Crippen LogP contribution in [0.2, 0.25) is 5.02 Å². The maximum atomic E-state index is 6.21. The first kappa shape index (κ1) is 10.2. The molecule has 76 valence electrons. The average Bonchev–Trinajstić information content (AvgIpc) is 2.13. The van der Waals surface area contributed by atoms with Crippen molar-refractivity contribution in [1.29, 1.82) is 0 Å². The Labute approximate surface area is 94.2 Å². The maximum absolute atomic E-state index is 6.21. The highest BCUT2D eigenvalue weighted by Crippen LogP contribution is 2.39. The second-order valence-electron chi connectivity index (χ2n) is 3.49. The number of hydrogen-bond donors (Lipinski definition) is 1. The molecule has 0 fully saturated rings. The summed E-state index contributed by atoms with van der Waals surface area (Å²) in [5, 5.41) is 4.82. The standard InChI is InChI=1S/C11H14ClNS/c1-8-11-9(12)4-2-5-10(11)13-6-3-7-14-8/h2,4-5,8,13H,3,6-7H2,1H3. The molecular formula is C11H14ClNS. The summed E-state index contributed by atoms with van der Waals surface area (Å²) in [6, 6.07) is 6.09. The van der Waals surface area contributed by atoms with E-state index in [-0.39, 0.29) is 0 Å². The number of hydrogen-bond acceptors (Lipinski definition) is 2. The number of rotatable bonds is 0. The lowest BCUT2D eigenvalue weighted by Crippen LogP contribution is -2.09. The molecule has 1 aliphatic rings. The molecule has 1 unspecified atom stereocenters. The number of halogens is 1. The normalized spacial score (nSPS) is 21.7. The van der Waals surface area contributed by atoms with Crippen molar-refractivity contribution in [3.05, 3.63) is 28.8 Å². The van der Waals surface area contributed by atoms with Crippen molar-refractivity contribution in [2.24, 2.45) is 0 Å². The van der Waals surface area contributed by atoms with Gasteiger partial charge in [-0.15, -0.1) is 0 Å². The van der Waals surface area contributed by atoms with Gasteiger partial charge in [0.2, 0.25) is 0 Å². The fourth-order valence-corrected chi connectivity index (χ4v) is 3.23. The molecule has 1 nitrogen and oxygen atoms in total. The first-order valence-corrected chi connectivity index (χ1v) is 6.35. The van der Waals surface area contributed by atoms with E-state index in [2.05, 4.69) is 18.3 Å². The summed E-state index contributed by atoms with van der Waals surface area (Å²) in [5.74, 6) is 1.21. The molecule has 0 saturated carbocycles. The van der Waals surface area contributed by atoms with Crippen molar-refractivity contribution in [2.75, 3.05) is 17.6 Å². The lowest BCUT2D eigenvalue weighted by Gasteiger charge is -2.21. The Morgan fingerprint density at radius 2 is 2.36 bits per heavy atom. The van der Waals surface area contributed by atoms with Gasteiger partial charge >= 0.3 is 0 Å². The highest BCUT2D eigenvalue weighted by Gasteiger charge is 2.16. The zero-order valence-corrected chi connectivity index (χ0v) is 9.79. The molecule has 1 heterocycles. The molecule has 0 saturated heterocycles. The van der Waals surface area contributed by atoms with Gasteiger partial charge in [0.1, 0.15) is 0 Å². The number of nitrogens with one attached hydrogen (secondary N) is 1. The smallest absolute Gasteiger partial charge is 0.0469 e. The van der Waals surface area contributed by atoms with Crippen molar-refractivity contribution in [3.8, 4) is 0 Å². The fraction of sp³-hybridized carbons (Fsp3) is 0.455. The minimum Gasteiger partial charge on any atom is -0.385 e. The first-order valence-electron chi connectivity index (χ1n) is 4.93. The van der Waals surface area contributed by atoms with Crippen LogP contribution in [-0.2, 0) is 0 Å². The second kappa shape index (κ2) is 4.45. The number of thioether (sulfide) groups is 1. The van der Waals surface area contributed by atoms with E-state index in [9.17, 15) is 0 Å². The molecule has 3 heteroatoms. The van der Waals surface area contributed by atoms with Crippen molar-refractivity contribution in [1.82, 2.24) is 0 Å². The maximum Gasteiger partial charge on any atom is 0.0469 e. The molecule has 0 aliphatic carbocycles. The van der Waals surface area contributed by atoms with E-state index in [4.69, 9.17) is 11.6 Å². The molecule has 1 aromatic carbocycles. The molecule has 14 heavy (non-hydrogen) atoms. The van der Waals surface area contributed by atoms with Crippen LogP contribution in [0.15, 0.2) is 18.2 Å². The summed E-state index contributed by atoms with van der Waals surface area (Å²) in [6.07, 6.45) is 1.22. The molecule has 1 aromatic rings. The van der Waals surface area contributed by atoms with Gasteiger partial charge in [0.25, 0.3) is 0 Å². The van der Waals surface area contributed by atoms with Crippen LogP contribution >= 0.6 is 23.4 Å². The van der Waals surface area contributed by atoms with Crippen LogP contribution < -0.4 is 5.32 Å². The second-order valence-corrected chi connectivity index (χ2v) is 5.35. The van der Waals surface area contributed by atoms with Crippen LogP contribution in [0, 0.1) is 0 Å². The molecule has 0 spiro atoms. The number of anilines is 1. The van der Waals surface area contributed by atoms with E-state index in [1.54, 1.807) is 0 Å². The number of benzene rings is 1. The summed E-state index contributed by atoms with van der Waals surface area (Å²) in [4.78, 5) is 0. The Morgan fingerprint density at radius 3 is 3.21 bits per heavy atom. The van der Waals surface area contributed by atoms with Crippen LogP contribution in [0.5, 0.6) is 0 Å². The molecule has 0 amide bonds. The van der Waals surface area contributed by atoms with Crippen molar-refractivity contribution in [3.63, 3.8) is 0 Å². The molecule has 1 atom stereocenters. The molecule has 0 bridgehead atoms. The largest absolute Gasteiger partial charge is 0.385 e. The third-order valence-corrected chi connectivity index (χ3v) is 4.05. The number of fused-ring (bicyclic) bond motifs is 1. The van der Waals surface area contributed by atoms with E-state index in [1.807, 2.05) is 23.9 Å². The van der Waals surface area contributed by atoms with E-state index in [0.717, 1.165) is 11.6 Å². The monoisotopic (exact) mass is 227 g/mol. The van der Waals surface area contributed by atoms with Crippen LogP contribution in [-0.4, -0.2) is 12.3 Å². The predicted octanol–water partition coefficient (Wildman–Crippen LogP) is 3.95.